The first kappa shape index (κ1) is 18.0. The molecule has 3 aromatic carbocycles. The molecule has 0 atom stereocenters. The van der Waals surface area contributed by atoms with Crippen molar-refractivity contribution in [1.29, 1.82) is 0 Å². The number of fused-ring (bicyclic) bond motifs is 1. The van der Waals surface area contributed by atoms with E-state index in [4.69, 9.17) is 4.42 Å². The highest BCUT2D eigenvalue weighted by Crippen LogP contribution is 2.27. The fourth-order valence-corrected chi connectivity index (χ4v) is 3.29. The minimum atomic E-state index is 0.0337. The predicted molar refractivity (Wildman–Crippen MR) is 112 cm³/mol. The number of benzene rings is 3. The van der Waals surface area contributed by atoms with E-state index in [2.05, 4.69) is 17.1 Å². The quantitative estimate of drug-likeness (QED) is 0.473. The van der Waals surface area contributed by atoms with Gasteiger partial charge in [-0.05, 0) is 18.4 Å². The van der Waals surface area contributed by atoms with Gasteiger partial charge in [-0.2, -0.15) is 0 Å². The van der Waals surface area contributed by atoms with Crippen LogP contribution in [-0.2, 0) is 11.2 Å². The van der Waals surface area contributed by atoms with Gasteiger partial charge < -0.3 is 9.32 Å². The molecular formula is C24H22N2O2. The Labute approximate surface area is 164 Å². The SMILES string of the molecule is Cc1ccc(-c2cnc(CCC(=O)N(C)c3cccc4ccccc34)o2)cc1. The number of nitrogens with zero attached hydrogens (tertiary/aromatic N) is 2. The molecule has 0 unspecified atom stereocenters. The molecule has 0 saturated heterocycles. The molecular weight excluding hydrogens is 348 g/mol. The molecule has 0 aliphatic heterocycles. The average molecular weight is 370 g/mol. The van der Waals surface area contributed by atoms with Crippen molar-refractivity contribution in [3.05, 3.63) is 84.4 Å². The van der Waals surface area contributed by atoms with Gasteiger partial charge in [-0.25, -0.2) is 4.98 Å². The van der Waals surface area contributed by atoms with Gasteiger partial charge in [0.05, 0.1) is 11.9 Å². The van der Waals surface area contributed by atoms with Gasteiger partial charge in [-0.15, -0.1) is 0 Å². The van der Waals surface area contributed by atoms with E-state index in [1.807, 2.05) is 68.6 Å². The van der Waals surface area contributed by atoms with Crippen molar-refractivity contribution in [3.63, 3.8) is 0 Å². The van der Waals surface area contributed by atoms with Crippen LogP contribution in [0.25, 0.3) is 22.1 Å². The molecule has 0 bridgehead atoms. The van der Waals surface area contributed by atoms with Crippen LogP contribution in [0.1, 0.15) is 17.9 Å². The highest BCUT2D eigenvalue weighted by molar-refractivity contribution is 6.03. The third-order valence-corrected chi connectivity index (χ3v) is 4.94. The van der Waals surface area contributed by atoms with E-state index >= 15 is 0 Å². The number of oxazole rings is 1. The third kappa shape index (κ3) is 3.67. The monoisotopic (exact) mass is 370 g/mol. The van der Waals surface area contributed by atoms with Crippen LogP contribution in [0.5, 0.6) is 0 Å². The number of aryl methyl sites for hydroxylation is 2. The van der Waals surface area contributed by atoms with E-state index in [-0.39, 0.29) is 5.91 Å². The van der Waals surface area contributed by atoms with E-state index in [0.717, 1.165) is 27.8 Å². The zero-order valence-corrected chi connectivity index (χ0v) is 16.1. The first-order chi connectivity index (χ1) is 13.6. The van der Waals surface area contributed by atoms with Gasteiger partial charge in [-0.3, -0.25) is 4.79 Å². The zero-order chi connectivity index (χ0) is 19.5. The molecule has 4 heteroatoms. The van der Waals surface area contributed by atoms with Gasteiger partial charge >= 0.3 is 0 Å². The van der Waals surface area contributed by atoms with Crippen molar-refractivity contribution in [2.24, 2.45) is 0 Å². The molecule has 1 amide bonds. The summed E-state index contributed by atoms with van der Waals surface area (Å²) in [6, 6.07) is 22.2. The molecule has 1 aromatic heterocycles. The van der Waals surface area contributed by atoms with Crippen LogP contribution in [0, 0.1) is 6.92 Å². The van der Waals surface area contributed by atoms with E-state index in [1.165, 1.54) is 5.56 Å². The Morgan fingerprint density at radius 2 is 1.75 bits per heavy atom. The van der Waals surface area contributed by atoms with E-state index in [9.17, 15) is 4.79 Å². The lowest BCUT2D eigenvalue weighted by Crippen LogP contribution is -2.26. The smallest absolute Gasteiger partial charge is 0.227 e. The van der Waals surface area contributed by atoms with Crippen LogP contribution in [0.3, 0.4) is 0 Å². The second kappa shape index (κ2) is 7.69. The first-order valence-electron chi connectivity index (χ1n) is 9.38. The summed E-state index contributed by atoms with van der Waals surface area (Å²) in [5.41, 5.74) is 3.10. The normalized spacial score (nSPS) is 10.9. The summed E-state index contributed by atoms with van der Waals surface area (Å²) in [7, 11) is 1.82. The standard InChI is InChI=1S/C24H22N2O2/c1-17-10-12-19(13-11-17)22-16-25-23(28-22)14-15-24(27)26(2)21-9-5-7-18-6-3-4-8-20(18)21/h3-13,16H,14-15H2,1-2H3. The molecule has 4 aromatic rings. The summed E-state index contributed by atoms with van der Waals surface area (Å²) in [6.45, 7) is 2.05. The van der Waals surface area contributed by atoms with E-state index < -0.39 is 0 Å². The van der Waals surface area contributed by atoms with Gasteiger partial charge in [0.15, 0.2) is 11.7 Å². The molecule has 140 valence electrons. The second-order valence-corrected chi connectivity index (χ2v) is 6.94. The maximum absolute atomic E-state index is 12.7. The number of rotatable bonds is 5. The lowest BCUT2D eigenvalue weighted by molar-refractivity contribution is -0.118. The second-order valence-electron chi connectivity index (χ2n) is 6.94. The third-order valence-electron chi connectivity index (χ3n) is 4.94. The molecule has 0 aliphatic rings. The number of hydrogen-bond acceptors (Lipinski definition) is 3. The van der Waals surface area contributed by atoms with Crippen molar-refractivity contribution in [2.45, 2.75) is 19.8 Å². The fraction of sp³-hybridized carbons (Fsp3) is 0.167. The number of aromatic nitrogens is 1. The summed E-state index contributed by atoms with van der Waals surface area (Å²) in [4.78, 5) is 18.8. The Morgan fingerprint density at radius 3 is 2.57 bits per heavy atom. The van der Waals surface area contributed by atoms with Crippen molar-refractivity contribution < 1.29 is 9.21 Å². The number of anilines is 1. The molecule has 1 heterocycles. The molecule has 0 spiro atoms. The Bertz CT molecular complexity index is 1110. The molecule has 4 rings (SSSR count). The summed E-state index contributed by atoms with van der Waals surface area (Å²) in [6.07, 6.45) is 2.53. The fourth-order valence-electron chi connectivity index (χ4n) is 3.29. The van der Waals surface area contributed by atoms with E-state index in [1.54, 1.807) is 11.1 Å². The number of hydrogen-bond donors (Lipinski definition) is 0. The summed E-state index contributed by atoms with van der Waals surface area (Å²) in [5, 5.41) is 2.19. The van der Waals surface area contributed by atoms with Crippen molar-refractivity contribution in [1.82, 2.24) is 4.98 Å². The predicted octanol–water partition coefficient (Wildman–Crippen LogP) is 5.40. The summed E-state index contributed by atoms with van der Waals surface area (Å²) < 4.78 is 5.83. The van der Waals surface area contributed by atoms with Gasteiger partial charge in [0.1, 0.15) is 0 Å². The largest absolute Gasteiger partial charge is 0.441 e. The first-order valence-corrected chi connectivity index (χ1v) is 9.38. The van der Waals surface area contributed by atoms with Crippen LogP contribution in [0.2, 0.25) is 0 Å². The minimum absolute atomic E-state index is 0.0337. The Kier molecular flexibility index (Phi) is 4.94. The number of carbonyl (C=O) groups is 1. The number of carbonyl (C=O) groups excluding carboxylic acids is 1. The molecule has 0 N–H and O–H groups in total. The minimum Gasteiger partial charge on any atom is -0.441 e. The van der Waals surface area contributed by atoms with E-state index in [0.29, 0.717) is 18.7 Å². The van der Waals surface area contributed by atoms with Crippen LogP contribution < -0.4 is 4.90 Å². The van der Waals surface area contributed by atoms with Gasteiger partial charge in [0.25, 0.3) is 0 Å². The molecule has 28 heavy (non-hydrogen) atoms. The highest BCUT2D eigenvalue weighted by Gasteiger charge is 2.15. The summed E-state index contributed by atoms with van der Waals surface area (Å²) in [5.74, 6) is 1.34. The topological polar surface area (TPSA) is 46.3 Å². The van der Waals surface area contributed by atoms with Crippen molar-refractivity contribution in [2.75, 3.05) is 11.9 Å². The van der Waals surface area contributed by atoms with Gasteiger partial charge in [-0.1, -0.05) is 66.2 Å². The molecule has 0 radical (unpaired) electrons. The zero-order valence-electron chi connectivity index (χ0n) is 16.1. The summed E-state index contributed by atoms with van der Waals surface area (Å²) >= 11 is 0. The average Bonchev–Trinajstić information content (AvgIpc) is 3.20. The van der Waals surface area contributed by atoms with Crippen LogP contribution in [0.4, 0.5) is 5.69 Å². The van der Waals surface area contributed by atoms with Crippen LogP contribution >= 0.6 is 0 Å². The van der Waals surface area contributed by atoms with Gasteiger partial charge in [0, 0.05) is 30.8 Å². The lowest BCUT2D eigenvalue weighted by Gasteiger charge is -2.19. The van der Waals surface area contributed by atoms with Crippen LogP contribution in [-0.4, -0.2) is 17.9 Å². The molecule has 0 aliphatic carbocycles. The van der Waals surface area contributed by atoms with Gasteiger partial charge in [0.2, 0.25) is 5.91 Å². The Morgan fingerprint density at radius 1 is 1.00 bits per heavy atom. The maximum atomic E-state index is 12.7. The molecule has 4 nitrogen and oxygen atoms in total. The molecule has 0 saturated carbocycles. The number of amides is 1. The Hall–Kier alpha value is -3.40. The Balaban J connectivity index is 1.45. The van der Waals surface area contributed by atoms with Crippen molar-refractivity contribution in [3.8, 4) is 11.3 Å². The lowest BCUT2D eigenvalue weighted by atomic mass is 10.1. The molecule has 0 fully saturated rings. The van der Waals surface area contributed by atoms with Crippen LogP contribution in [0.15, 0.2) is 77.3 Å². The highest BCUT2D eigenvalue weighted by atomic mass is 16.4. The maximum Gasteiger partial charge on any atom is 0.227 e. The van der Waals surface area contributed by atoms with Crippen molar-refractivity contribution >= 4 is 22.4 Å².